The van der Waals surface area contributed by atoms with Gasteiger partial charge >= 0.3 is 0 Å². The highest BCUT2D eigenvalue weighted by Crippen LogP contribution is 2.39. The molecule has 0 atom stereocenters. The molecule has 1 aliphatic carbocycles. The van der Waals surface area contributed by atoms with Crippen molar-refractivity contribution in [3.63, 3.8) is 0 Å². The Morgan fingerprint density at radius 2 is 1.29 bits per heavy atom. The van der Waals surface area contributed by atoms with Gasteiger partial charge in [-0.1, -0.05) is 109 Å². The number of hydrogen-bond acceptors (Lipinski definition) is 4. The number of pyridine rings is 1. The molecule has 0 N–H and O–H groups in total. The summed E-state index contributed by atoms with van der Waals surface area (Å²) in [5, 5.41) is 3.31. The Bertz CT molecular complexity index is 2140. The van der Waals surface area contributed by atoms with E-state index in [1.807, 2.05) is 36.4 Å². The van der Waals surface area contributed by atoms with Gasteiger partial charge in [0.1, 0.15) is 11.3 Å². The lowest BCUT2D eigenvalue weighted by atomic mass is 10.0. The molecule has 0 aliphatic heterocycles. The van der Waals surface area contributed by atoms with Crippen LogP contribution in [0.25, 0.3) is 72.2 Å². The summed E-state index contributed by atoms with van der Waals surface area (Å²) in [5.41, 5.74) is 9.57. The van der Waals surface area contributed by atoms with E-state index in [0.717, 1.165) is 90.9 Å². The molecule has 0 bridgehead atoms. The normalized spacial score (nSPS) is 13.2. The van der Waals surface area contributed by atoms with Gasteiger partial charge in [0.2, 0.25) is 0 Å². The predicted octanol–water partition coefficient (Wildman–Crippen LogP) is 9.66. The standard InChI is InChI=1S/C37H25N3O/c1-3-11-24(12-4-1)31-23-32(40-37(39-31)27-13-5-2-6-14-27)25-19-21-26(22-20-25)35-36-34(28-15-7-9-17-30(28)38-35)29-16-8-10-18-33(29)41-36/h1-5,7-13,15-23H,6,14H2. The first-order chi connectivity index (χ1) is 20.3. The molecule has 0 amide bonds. The maximum atomic E-state index is 6.41. The van der Waals surface area contributed by atoms with Gasteiger partial charge in [-0.3, -0.25) is 0 Å². The minimum absolute atomic E-state index is 0.787. The van der Waals surface area contributed by atoms with Crippen LogP contribution in [0.1, 0.15) is 18.7 Å². The van der Waals surface area contributed by atoms with Crippen LogP contribution in [-0.4, -0.2) is 15.0 Å². The van der Waals surface area contributed by atoms with Gasteiger partial charge in [0, 0.05) is 32.8 Å². The van der Waals surface area contributed by atoms with Crippen molar-refractivity contribution in [2.45, 2.75) is 12.8 Å². The zero-order valence-corrected chi connectivity index (χ0v) is 22.3. The summed E-state index contributed by atoms with van der Waals surface area (Å²) in [6, 6.07) is 37.3. The van der Waals surface area contributed by atoms with Crippen LogP contribution in [-0.2, 0) is 0 Å². The number of furan rings is 1. The summed E-state index contributed by atoms with van der Waals surface area (Å²) in [5.74, 6) is 0.787. The van der Waals surface area contributed by atoms with E-state index in [9.17, 15) is 0 Å². The van der Waals surface area contributed by atoms with Crippen molar-refractivity contribution in [1.82, 2.24) is 15.0 Å². The van der Waals surface area contributed by atoms with Crippen molar-refractivity contribution < 1.29 is 4.42 Å². The number of benzene rings is 4. The molecule has 1 aliphatic rings. The van der Waals surface area contributed by atoms with E-state index in [4.69, 9.17) is 19.4 Å². The maximum absolute atomic E-state index is 6.41. The quantitative estimate of drug-likeness (QED) is 0.229. The molecule has 0 saturated carbocycles. The maximum Gasteiger partial charge on any atom is 0.162 e. The summed E-state index contributed by atoms with van der Waals surface area (Å²) in [4.78, 5) is 15.1. The Labute approximate surface area is 237 Å². The Hall–Kier alpha value is -5.35. The molecule has 3 heterocycles. The van der Waals surface area contributed by atoms with Crippen LogP contribution in [0.2, 0.25) is 0 Å². The largest absolute Gasteiger partial charge is 0.454 e. The van der Waals surface area contributed by atoms with Gasteiger partial charge in [-0.05, 0) is 36.6 Å². The molecule has 41 heavy (non-hydrogen) atoms. The monoisotopic (exact) mass is 527 g/mol. The number of nitrogens with zero attached hydrogens (tertiary/aromatic N) is 3. The van der Waals surface area contributed by atoms with Gasteiger partial charge in [0.15, 0.2) is 11.4 Å². The molecule has 0 fully saturated rings. The smallest absolute Gasteiger partial charge is 0.162 e. The van der Waals surface area contributed by atoms with E-state index in [1.54, 1.807) is 0 Å². The van der Waals surface area contributed by atoms with E-state index in [1.165, 1.54) is 0 Å². The van der Waals surface area contributed by atoms with Crippen molar-refractivity contribution in [2.75, 3.05) is 0 Å². The Balaban J connectivity index is 1.27. The molecule has 0 radical (unpaired) electrons. The fraction of sp³-hybridized carbons (Fsp3) is 0.0541. The summed E-state index contributed by atoms with van der Waals surface area (Å²) in [7, 11) is 0. The van der Waals surface area contributed by atoms with Crippen LogP contribution < -0.4 is 0 Å². The third-order valence-corrected chi connectivity index (χ3v) is 7.77. The van der Waals surface area contributed by atoms with Gasteiger partial charge < -0.3 is 4.42 Å². The Morgan fingerprint density at radius 3 is 2.07 bits per heavy atom. The van der Waals surface area contributed by atoms with E-state index in [0.29, 0.717) is 0 Å². The molecule has 4 heteroatoms. The van der Waals surface area contributed by atoms with Gasteiger partial charge in [-0.15, -0.1) is 0 Å². The van der Waals surface area contributed by atoms with E-state index >= 15 is 0 Å². The Morgan fingerprint density at radius 1 is 0.610 bits per heavy atom. The highest BCUT2D eigenvalue weighted by atomic mass is 16.3. The highest BCUT2D eigenvalue weighted by molar-refractivity contribution is 6.20. The molecular formula is C37H25N3O. The predicted molar refractivity (Wildman–Crippen MR) is 167 cm³/mol. The van der Waals surface area contributed by atoms with Crippen LogP contribution in [0.5, 0.6) is 0 Å². The molecule has 4 nitrogen and oxygen atoms in total. The average molecular weight is 528 g/mol. The van der Waals surface area contributed by atoms with E-state index in [2.05, 4.69) is 91.0 Å². The number of rotatable bonds is 4. The molecule has 0 spiro atoms. The van der Waals surface area contributed by atoms with Crippen molar-refractivity contribution in [1.29, 1.82) is 0 Å². The topological polar surface area (TPSA) is 51.8 Å². The van der Waals surface area contributed by atoms with E-state index in [-0.39, 0.29) is 0 Å². The van der Waals surface area contributed by atoms with Crippen molar-refractivity contribution in [3.05, 3.63) is 133 Å². The van der Waals surface area contributed by atoms with Crippen LogP contribution in [0.4, 0.5) is 0 Å². The highest BCUT2D eigenvalue weighted by Gasteiger charge is 2.18. The number of hydrogen-bond donors (Lipinski definition) is 0. The lowest BCUT2D eigenvalue weighted by Gasteiger charge is -2.13. The van der Waals surface area contributed by atoms with E-state index < -0.39 is 0 Å². The minimum atomic E-state index is 0.787. The fourth-order valence-corrected chi connectivity index (χ4v) is 5.71. The first-order valence-electron chi connectivity index (χ1n) is 13.9. The second-order valence-corrected chi connectivity index (χ2v) is 10.3. The molecular weight excluding hydrogens is 502 g/mol. The van der Waals surface area contributed by atoms with Gasteiger partial charge in [0.05, 0.1) is 16.9 Å². The van der Waals surface area contributed by atoms with Crippen molar-refractivity contribution in [2.24, 2.45) is 0 Å². The number of aromatic nitrogens is 3. The van der Waals surface area contributed by atoms with Gasteiger partial charge in [-0.25, -0.2) is 15.0 Å². The van der Waals surface area contributed by atoms with Crippen LogP contribution in [0.15, 0.2) is 132 Å². The number of fused-ring (bicyclic) bond motifs is 5. The number of para-hydroxylation sites is 2. The summed E-state index contributed by atoms with van der Waals surface area (Å²) in [6.07, 6.45) is 8.35. The van der Waals surface area contributed by atoms with Gasteiger partial charge in [-0.2, -0.15) is 0 Å². The van der Waals surface area contributed by atoms with Crippen LogP contribution in [0, 0.1) is 0 Å². The lowest BCUT2D eigenvalue weighted by molar-refractivity contribution is 0.669. The van der Waals surface area contributed by atoms with Crippen LogP contribution >= 0.6 is 0 Å². The Kier molecular flexibility index (Phi) is 5.56. The SMILES string of the molecule is C1=CCCC(c2nc(-c3ccccc3)cc(-c3ccc(-c4nc5ccccc5c5c4oc4ccccc45)cc3)n2)=C1. The molecule has 8 rings (SSSR count). The molecule has 3 aromatic heterocycles. The molecule has 4 aromatic carbocycles. The summed E-state index contributed by atoms with van der Waals surface area (Å²) in [6.45, 7) is 0. The molecule has 7 aromatic rings. The summed E-state index contributed by atoms with van der Waals surface area (Å²) >= 11 is 0. The second-order valence-electron chi connectivity index (χ2n) is 10.3. The zero-order valence-electron chi connectivity index (χ0n) is 22.3. The molecule has 0 saturated heterocycles. The molecule has 0 unspecified atom stereocenters. The zero-order chi connectivity index (χ0) is 27.2. The summed E-state index contributed by atoms with van der Waals surface area (Å²) < 4.78 is 6.41. The lowest BCUT2D eigenvalue weighted by Crippen LogP contribution is -2.00. The van der Waals surface area contributed by atoms with Crippen molar-refractivity contribution >= 4 is 38.4 Å². The third-order valence-electron chi connectivity index (χ3n) is 7.77. The minimum Gasteiger partial charge on any atom is -0.454 e. The number of allylic oxidation sites excluding steroid dienone is 4. The van der Waals surface area contributed by atoms with Crippen molar-refractivity contribution in [3.8, 4) is 33.8 Å². The first-order valence-corrected chi connectivity index (χ1v) is 13.9. The fourth-order valence-electron chi connectivity index (χ4n) is 5.71. The molecule has 194 valence electrons. The first kappa shape index (κ1) is 23.5. The van der Waals surface area contributed by atoms with Crippen LogP contribution in [0.3, 0.4) is 0 Å². The third kappa shape index (κ3) is 4.12. The van der Waals surface area contributed by atoms with Gasteiger partial charge in [0.25, 0.3) is 0 Å². The second kappa shape index (κ2) is 9.68. The average Bonchev–Trinajstić information content (AvgIpc) is 3.45.